The Labute approximate surface area is 233 Å². The summed E-state index contributed by atoms with van der Waals surface area (Å²) in [5.74, 6) is -1.49. The number of benzodiazepines with no additional fused rings is 1. The van der Waals surface area contributed by atoms with Gasteiger partial charge in [0.05, 0.1) is 17.9 Å². The zero-order valence-corrected chi connectivity index (χ0v) is 22.9. The predicted octanol–water partition coefficient (Wildman–Crippen LogP) is 4.11. The second kappa shape index (κ2) is 11.9. The number of carbonyl (C=O) groups excluding carboxylic acids is 4. The van der Waals surface area contributed by atoms with Gasteiger partial charge < -0.3 is 20.3 Å². The summed E-state index contributed by atoms with van der Waals surface area (Å²) in [5.41, 5.74) is 2.06. The SMILES string of the molecule is C[C@H](NC(=O)OC(C)(C)C)C(=O)NC1N=C(c2ccccc2)c2ccccc2N(CC(=O)c2ccccc2)C1=O. The van der Waals surface area contributed by atoms with Crippen LogP contribution in [-0.2, 0) is 14.3 Å². The summed E-state index contributed by atoms with van der Waals surface area (Å²) in [6.07, 6.45) is -2.13. The fourth-order valence-electron chi connectivity index (χ4n) is 4.18. The molecule has 1 aliphatic heterocycles. The summed E-state index contributed by atoms with van der Waals surface area (Å²) < 4.78 is 5.24. The van der Waals surface area contributed by atoms with Crippen LogP contribution in [0, 0.1) is 0 Å². The maximum Gasteiger partial charge on any atom is 0.408 e. The van der Waals surface area contributed by atoms with Crippen LogP contribution in [-0.4, -0.2) is 53.8 Å². The third-order valence-corrected chi connectivity index (χ3v) is 6.06. The van der Waals surface area contributed by atoms with Gasteiger partial charge in [0, 0.05) is 16.7 Å². The number of anilines is 1. The largest absolute Gasteiger partial charge is 0.444 e. The van der Waals surface area contributed by atoms with Crippen LogP contribution < -0.4 is 15.5 Å². The lowest BCUT2D eigenvalue weighted by Crippen LogP contribution is -2.53. The third-order valence-electron chi connectivity index (χ3n) is 6.06. The second-order valence-corrected chi connectivity index (χ2v) is 10.4. The minimum atomic E-state index is -1.36. The molecule has 0 aliphatic carbocycles. The van der Waals surface area contributed by atoms with Crippen LogP contribution in [0.2, 0.25) is 0 Å². The number of hydrogen-bond donors (Lipinski definition) is 2. The Morgan fingerprint density at radius 1 is 0.925 bits per heavy atom. The van der Waals surface area contributed by atoms with Gasteiger partial charge in [-0.15, -0.1) is 0 Å². The molecular formula is C31H32N4O5. The molecule has 1 aliphatic rings. The fourth-order valence-corrected chi connectivity index (χ4v) is 4.18. The van der Waals surface area contributed by atoms with Crippen molar-refractivity contribution in [3.63, 3.8) is 0 Å². The van der Waals surface area contributed by atoms with Crippen molar-refractivity contribution < 1.29 is 23.9 Å². The first-order chi connectivity index (χ1) is 19.0. The van der Waals surface area contributed by atoms with E-state index in [1.54, 1.807) is 63.2 Å². The number of ether oxygens (including phenoxy) is 1. The smallest absolute Gasteiger partial charge is 0.408 e. The molecule has 2 N–H and O–H groups in total. The molecule has 1 heterocycles. The Kier molecular flexibility index (Phi) is 8.43. The molecule has 4 rings (SSSR count). The van der Waals surface area contributed by atoms with Crippen LogP contribution in [0.15, 0.2) is 89.9 Å². The van der Waals surface area contributed by atoms with Crippen LogP contribution in [0.1, 0.15) is 49.2 Å². The standard InChI is InChI=1S/C31H32N4O5/c1-20(32-30(39)40-31(2,3)4)28(37)34-27-29(38)35(19-25(36)21-13-7-5-8-14-21)24-18-12-11-17-23(24)26(33-27)22-15-9-6-10-16-22/h5-18,20,27H,19H2,1-4H3,(H,32,39)(H,34,37)/t20-,27?/m0/s1. The minimum absolute atomic E-state index is 0.254. The number of ketones is 1. The summed E-state index contributed by atoms with van der Waals surface area (Å²) in [7, 11) is 0. The van der Waals surface area contributed by atoms with Crippen molar-refractivity contribution in [3.05, 3.63) is 102 Å². The first kappa shape index (κ1) is 28.2. The highest BCUT2D eigenvalue weighted by atomic mass is 16.6. The molecule has 3 aromatic carbocycles. The fraction of sp³-hybridized carbons (Fsp3) is 0.258. The average molecular weight is 541 g/mol. The van der Waals surface area contributed by atoms with Crippen LogP contribution >= 0.6 is 0 Å². The molecule has 0 fully saturated rings. The highest BCUT2D eigenvalue weighted by Crippen LogP contribution is 2.28. The Morgan fingerprint density at radius 2 is 1.52 bits per heavy atom. The average Bonchev–Trinajstić information content (AvgIpc) is 3.03. The van der Waals surface area contributed by atoms with E-state index in [1.165, 1.54) is 11.8 Å². The van der Waals surface area contributed by atoms with E-state index in [0.29, 0.717) is 22.5 Å². The molecule has 3 amide bonds. The normalized spacial score (nSPS) is 15.7. The van der Waals surface area contributed by atoms with Crippen LogP contribution in [0.4, 0.5) is 10.5 Å². The monoisotopic (exact) mass is 540 g/mol. The molecule has 9 nitrogen and oxygen atoms in total. The molecule has 3 aromatic rings. The van der Waals surface area contributed by atoms with Crippen molar-refractivity contribution in [2.24, 2.45) is 4.99 Å². The molecular weight excluding hydrogens is 508 g/mol. The quantitative estimate of drug-likeness (QED) is 0.438. The van der Waals surface area contributed by atoms with E-state index in [1.807, 2.05) is 42.5 Å². The van der Waals surface area contributed by atoms with Gasteiger partial charge in [-0.3, -0.25) is 14.4 Å². The van der Waals surface area contributed by atoms with Crippen LogP contribution in [0.3, 0.4) is 0 Å². The van der Waals surface area contributed by atoms with E-state index in [2.05, 4.69) is 10.6 Å². The summed E-state index contributed by atoms with van der Waals surface area (Å²) in [5, 5.41) is 5.14. The van der Waals surface area contributed by atoms with E-state index >= 15 is 0 Å². The Balaban J connectivity index is 1.69. The van der Waals surface area contributed by atoms with Crippen molar-refractivity contribution >= 4 is 35.1 Å². The van der Waals surface area contributed by atoms with Crippen molar-refractivity contribution in [1.82, 2.24) is 10.6 Å². The molecule has 0 spiro atoms. The predicted molar refractivity (Wildman–Crippen MR) is 152 cm³/mol. The maximum atomic E-state index is 14.0. The van der Waals surface area contributed by atoms with Gasteiger partial charge >= 0.3 is 6.09 Å². The van der Waals surface area contributed by atoms with Gasteiger partial charge in [0.2, 0.25) is 12.1 Å². The number of benzene rings is 3. The first-order valence-corrected chi connectivity index (χ1v) is 13.0. The lowest BCUT2D eigenvalue weighted by atomic mass is 10.00. The minimum Gasteiger partial charge on any atom is -0.444 e. The number of rotatable bonds is 7. The zero-order chi connectivity index (χ0) is 28.9. The summed E-state index contributed by atoms with van der Waals surface area (Å²) in [6, 6.07) is 24.1. The molecule has 0 saturated carbocycles. The lowest BCUT2D eigenvalue weighted by molar-refractivity contribution is -0.128. The summed E-state index contributed by atoms with van der Waals surface area (Å²) >= 11 is 0. The van der Waals surface area contributed by atoms with E-state index in [4.69, 9.17) is 9.73 Å². The maximum absolute atomic E-state index is 14.0. The number of amides is 3. The Hall–Kier alpha value is -4.79. The van der Waals surface area contributed by atoms with Gasteiger partial charge in [-0.2, -0.15) is 0 Å². The van der Waals surface area contributed by atoms with Crippen molar-refractivity contribution in [3.8, 4) is 0 Å². The van der Waals surface area contributed by atoms with Gasteiger partial charge in [0.15, 0.2) is 5.78 Å². The molecule has 1 unspecified atom stereocenters. The topological polar surface area (TPSA) is 117 Å². The van der Waals surface area contributed by atoms with Gasteiger partial charge in [-0.05, 0) is 33.8 Å². The Bertz CT molecular complexity index is 1430. The molecule has 0 saturated heterocycles. The summed E-state index contributed by atoms with van der Waals surface area (Å²) in [6.45, 7) is 6.36. The molecule has 9 heteroatoms. The number of fused-ring (bicyclic) bond motifs is 1. The lowest BCUT2D eigenvalue weighted by Gasteiger charge is -2.26. The molecule has 0 radical (unpaired) electrons. The second-order valence-electron chi connectivity index (χ2n) is 10.4. The molecule has 2 atom stereocenters. The van der Waals surface area contributed by atoms with E-state index in [0.717, 1.165) is 5.56 Å². The van der Waals surface area contributed by atoms with E-state index in [9.17, 15) is 19.2 Å². The highest BCUT2D eigenvalue weighted by Gasteiger charge is 2.35. The van der Waals surface area contributed by atoms with Gasteiger partial charge in [-0.1, -0.05) is 78.9 Å². The van der Waals surface area contributed by atoms with E-state index in [-0.39, 0.29) is 12.3 Å². The van der Waals surface area contributed by atoms with Crippen LogP contribution in [0.25, 0.3) is 0 Å². The van der Waals surface area contributed by atoms with Gasteiger partial charge in [0.1, 0.15) is 11.6 Å². The van der Waals surface area contributed by atoms with Crippen molar-refractivity contribution in [2.75, 3.05) is 11.4 Å². The molecule has 0 bridgehead atoms. The molecule has 206 valence electrons. The molecule has 0 aromatic heterocycles. The number of Topliss-reactive ketones (excluding diaryl/α,β-unsaturated/α-hetero) is 1. The Morgan fingerprint density at radius 3 is 2.17 bits per heavy atom. The number of carbonyl (C=O) groups is 4. The number of hydrogen-bond acceptors (Lipinski definition) is 6. The number of nitrogens with zero attached hydrogens (tertiary/aromatic N) is 2. The first-order valence-electron chi connectivity index (χ1n) is 13.0. The number of aliphatic imine (C=N–C) groups is 1. The summed E-state index contributed by atoms with van der Waals surface area (Å²) in [4.78, 5) is 58.6. The zero-order valence-electron chi connectivity index (χ0n) is 22.9. The molecule has 40 heavy (non-hydrogen) atoms. The number of nitrogens with one attached hydrogen (secondary N) is 2. The van der Waals surface area contributed by atoms with Crippen LogP contribution in [0.5, 0.6) is 0 Å². The number of para-hydroxylation sites is 1. The van der Waals surface area contributed by atoms with Gasteiger partial charge in [-0.25, -0.2) is 9.79 Å². The van der Waals surface area contributed by atoms with Crippen molar-refractivity contribution in [1.29, 1.82) is 0 Å². The van der Waals surface area contributed by atoms with Crippen molar-refractivity contribution in [2.45, 2.75) is 45.5 Å². The third kappa shape index (κ3) is 6.79. The number of alkyl carbamates (subject to hydrolysis) is 1. The van der Waals surface area contributed by atoms with Gasteiger partial charge in [0.25, 0.3) is 5.91 Å². The highest BCUT2D eigenvalue weighted by molar-refractivity contribution is 6.21. The van der Waals surface area contributed by atoms with E-state index < -0.39 is 35.7 Å².